The van der Waals surface area contributed by atoms with Crippen LogP contribution >= 0.6 is 0 Å². The fraction of sp³-hybridized carbons (Fsp3) is 0.438. The SMILES string of the molecule is COc1ccc(C#CCCO)cc1NC(=O)C1CCC1. The lowest BCUT2D eigenvalue weighted by atomic mass is 9.85. The first-order valence-corrected chi connectivity index (χ1v) is 6.83. The highest BCUT2D eigenvalue weighted by Gasteiger charge is 2.25. The van der Waals surface area contributed by atoms with Crippen molar-refractivity contribution in [3.63, 3.8) is 0 Å². The molecule has 0 radical (unpaired) electrons. The van der Waals surface area contributed by atoms with E-state index in [-0.39, 0.29) is 18.4 Å². The summed E-state index contributed by atoms with van der Waals surface area (Å²) in [5, 5.41) is 11.6. The Morgan fingerprint density at radius 1 is 1.50 bits per heavy atom. The molecule has 0 aromatic heterocycles. The van der Waals surface area contributed by atoms with E-state index in [0.29, 0.717) is 17.9 Å². The Hall–Kier alpha value is -1.99. The molecular weight excluding hydrogens is 254 g/mol. The Labute approximate surface area is 119 Å². The summed E-state index contributed by atoms with van der Waals surface area (Å²) in [5.74, 6) is 6.62. The normalized spacial score (nSPS) is 13.9. The third-order valence-corrected chi connectivity index (χ3v) is 3.40. The average molecular weight is 273 g/mol. The van der Waals surface area contributed by atoms with Gasteiger partial charge >= 0.3 is 0 Å². The first-order chi connectivity index (χ1) is 9.74. The highest BCUT2D eigenvalue weighted by molar-refractivity contribution is 5.94. The highest BCUT2D eigenvalue weighted by Crippen LogP contribution is 2.30. The van der Waals surface area contributed by atoms with E-state index in [0.717, 1.165) is 24.8 Å². The van der Waals surface area contributed by atoms with Gasteiger partial charge in [0.1, 0.15) is 5.75 Å². The van der Waals surface area contributed by atoms with E-state index in [9.17, 15) is 4.79 Å². The predicted octanol–water partition coefficient (Wildman–Crippen LogP) is 2.17. The van der Waals surface area contributed by atoms with Crippen molar-refractivity contribution in [2.45, 2.75) is 25.7 Å². The summed E-state index contributed by atoms with van der Waals surface area (Å²) in [5.41, 5.74) is 1.45. The number of anilines is 1. The topological polar surface area (TPSA) is 58.6 Å². The first-order valence-electron chi connectivity index (χ1n) is 6.83. The number of ether oxygens (including phenoxy) is 1. The van der Waals surface area contributed by atoms with Crippen LogP contribution in [-0.2, 0) is 4.79 Å². The maximum absolute atomic E-state index is 12.0. The number of hydrogen-bond donors (Lipinski definition) is 2. The highest BCUT2D eigenvalue weighted by atomic mass is 16.5. The number of aliphatic hydroxyl groups is 1. The van der Waals surface area contributed by atoms with Crippen LogP contribution in [0, 0.1) is 17.8 Å². The summed E-state index contributed by atoms with van der Waals surface area (Å²) in [4.78, 5) is 12.0. The Kier molecular flexibility index (Phi) is 5.03. The van der Waals surface area contributed by atoms with Crippen LogP contribution in [-0.4, -0.2) is 24.7 Å². The summed E-state index contributed by atoms with van der Waals surface area (Å²) in [7, 11) is 1.57. The third kappa shape index (κ3) is 3.52. The lowest BCUT2D eigenvalue weighted by Crippen LogP contribution is -2.28. The average Bonchev–Trinajstić information content (AvgIpc) is 2.37. The van der Waals surface area contributed by atoms with Crippen LogP contribution in [0.1, 0.15) is 31.2 Å². The van der Waals surface area contributed by atoms with Crippen molar-refractivity contribution in [2.75, 3.05) is 19.0 Å². The van der Waals surface area contributed by atoms with Crippen molar-refractivity contribution in [3.05, 3.63) is 23.8 Å². The van der Waals surface area contributed by atoms with Gasteiger partial charge in [-0.05, 0) is 31.0 Å². The van der Waals surface area contributed by atoms with Crippen molar-refractivity contribution in [2.24, 2.45) is 5.92 Å². The summed E-state index contributed by atoms with van der Waals surface area (Å²) in [6.07, 6.45) is 3.49. The maximum atomic E-state index is 12.0. The number of rotatable bonds is 4. The molecule has 2 rings (SSSR count). The smallest absolute Gasteiger partial charge is 0.227 e. The predicted molar refractivity (Wildman–Crippen MR) is 77.5 cm³/mol. The van der Waals surface area contributed by atoms with Crippen molar-refractivity contribution >= 4 is 11.6 Å². The van der Waals surface area contributed by atoms with E-state index < -0.39 is 0 Å². The van der Waals surface area contributed by atoms with E-state index in [4.69, 9.17) is 9.84 Å². The molecule has 1 fully saturated rings. The molecule has 0 aliphatic heterocycles. The van der Waals surface area contributed by atoms with Crippen molar-refractivity contribution < 1.29 is 14.6 Å². The second-order valence-corrected chi connectivity index (χ2v) is 4.81. The monoisotopic (exact) mass is 273 g/mol. The molecule has 0 unspecified atom stereocenters. The first kappa shape index (κ1) is 14.4. The summed E-state index contributed by atoms with van der Waals surface area (Å²) in [6.45, 7) is 0.0500. The van der Waals surface area contributed by atoms with Crippen LogP contribution < -0.4 is 10.1 Å². The summed E-state index contributed by atoms with van der Waals surface area (Å²) in [6, 6.07) is 5.43. The zero-order valence-electron chi connectivity index (χ0n) is 11.6. The number of hydrogen-bond acceptors (Lipinski definition) is 3. The van der Waals surface area contributed by atoms with E-state index in [1.807, 2.05) is 6.07 Å². The van der Waals surface area contributed by atoms with Gasteiger partial charge in [-0.1, -0.05) is 18.3 Å². The van der Waals surface area contributed by atoms with Gasteiger partial charge in [0.2, 0.25) is 5.91 Å². The molecule has 2 N–H and O–H groups in total. The zero-order chi connectivity index (χ0) is 14.4. The largest absolute Gasteiger partial charge is 0.495 e. The number of nitrogens with one attached hydrogen (secondary N) is 1. The number of methoxy groups -OCH3 is 1. The number of carbonyl (C=O) groups excluding carboxylic acids is 1. The second kappa shape index (κ2) is 6.97. The van der Waals surface area contributed by atoms with Gasteiger partial charge in [0, 0.05) is 17.9 Å². The van der Waals surface area contributed by atoms with Crippen LogP contribution in [0.5, 0.6) is 5.75 Å². The van der Waals surface area contributed by atoms with E-state index in [1.165, 1.54) is 0 Å². The fourth-order valence-electron chi connectivity index (χ4n) is 2.01. The van der Waals surface area contributed by atoms with Gasteiger partial charge in [-0.3, -0.25) is 4.79 Å². The van der Waals surface area contributed by atoms with Crippen LogP contribution in [0.2, 0.25) is 0 Å². The van der Waals surface area contributed by atoms with Gasteiger partial charge in [0.25, 0.3) is 0 Å². The van der Waals surface area contributed by atoms with Gasteiger partial charge in [-0.15, -0.1) is 0 Å². The molecule has 1 aliphatic rings. The van der Waals surface area contributed by atoms with E-state index in [2.05, 4.69) is 17.2 Å². The quantitative estimate of drug-likeness (QED) is 0.827. The molecule has 0 heterocycles. The van der Waals surface area contributed by atoms with Crippen molar-refractivity contribution in [3.8, 4) is 17.6 Å². The molecule has 0 spiro atoms. The molecule has 1 aromatic carbocycles. The fourth-order valence-corrected chi connectivity index (χ4v) is 2.01. The minimum absolute atomic E-state index is 0.0500. The Balaban J connectivity index is 2.14. The molecular formula is C16H19NO3. The van der Waals surface area contributed by atoms with Crippen LogP contribution in [0.15, 0.2) is 18.2 Å². The molecule has 20 heavy (non-hydrogen) atoms. The van der Waals surface area contributed by atoms with E-state index in [1.54, 1.807) is 19.2 Å². The molecule has 0 atom stereocenters. The molecule has 106 valence electrons. The summed E-state index contributed by atoms with van der Waals surface area (Å²) >= 11 is 0. The van der Waals surface area contributed by atoms with Crippen LogP contribution in [0.4, 0.5) is 5.69 Å². The lowest BCUT2D eigenvalue weighted by Gasteiger charge is -2.24. The standard InChI is InChI=1S/C16H19NO3/c1-20-15-9-8-12(5-2-3-10-18)11-14(15)17-16(19)13-6-4-7-13/h8-9,11,13,18H,3-4,6-7,10H2,1H3,(H,17,19). The summed E-state index contributed by atoms with van der Waals surface area (Å²) < 4.78 is 5.26. The van der Waals surface area contributed by atoms with Crippen molar-refractivity contribution in [1.29, 1.82) is 0 Å². The Morgan fingerprint density at radius 3 is 2.90 bits per heavy atom. The van der Waals surface area contributed by atoms with Crippen LogP contribution in [0.3, 0.4) is 0 Å². The zero-order valence-corrected chi connectivity index (χ0v) is 11.6. The minimum atomic E-state index is 0.0500. The molecule has 0 saturated heterocycles. The molecule has 1 aromatic rings. The van der Waals surface area contributed by atoms with Crippen molar-refractivity contribution in [1.82, 2.24) is 0 Å². The molecule has 1 aliphatic carbocycles. The number of carbonyl (C=O) groups is 1. The lowest BCUT2D eigenvalue weighted by molar-refractivity contribution is -0.122. The third-order valence-electron chi connectivity index (χ3n) is 3.40. The number of aliphatic hydroxyl groups excluding tert-OH is 1. The molecule has 1 saturated carbocycles. The van der Waals surface area contributed by atoms with Gasteiger partial charge in [-0.25, -0.2) is 0 Å². The van der Waals surface area contributed by atoms with Gasteiger partial charge in [0.15, 0.2) is 0 Å². The second-order valence-electron chi connectivity index (χ2n) is 4.81. The Bertz CT molecular complexity index is 538. The van der Waals surface area contributed by atoms with Gasteiger partial charge in [-0.2, -0.15) is 0 Å². The van der Waals surface area contributed by atoms with Gasteiger partial charge < -0.3 is 15.2 Å². The molecule has 1 amide bonds. The maximum Gasteiger partial charge on any atom is 0.227 e. The number of amides is 1. The van der Waals surface area contributed by atoms with Crippen LogP contribution in [0.25, 0.3) is 0 Å². The van der Waals surface area contributed by atoms with E-state index >= 15 is 0 Å². The minimum Gasteiger partial charge on any atom is -0.495 e. The number of benzene rings is 1. The Morgan fingerprint density at radius 2 is 2.30 bits per heavy atom. The molecule has 4 nitrogen and oxygen atoms in total. The van der Waals surface area contributed by atoms with Gasteiger partial charge in [0.05, 0.1) is 19.4 Å². The molecule has 0 bridgehead atoms. The molecule has 4 heteroatoms.